The molecule has 2 aliphatic rings. The predicted molar refractivity (Wildman–Crippen MR) is 104 cm³/mol. The second-order valence-electron chi connectivity index (χ2n) is 8.18. The molecule has 6 heteroatoms. The Hall–Kier alpha value is -1.81. The summed E-state index contributed by atoms with van der Waals surface area (Å²) in [6, 6.07) is 9.76. The second-order valence-corrected chi connectivity index (χ2v) is 9.77. The fourth-order valence-electron chi connectivity index (χ4n) is 4.27. The summed E-state index contributed by atoms with van der Waals surface area (Å²) in [4.78, 5) is 18.0. The predicted octanol–water partition coefficient (Wildman–Crippen LogP) is 4.34. The van der Waals surface area contributed by atoms with E-state index in [1.165, 1.54) is 16.7 Å². The molecule has 0 unspecified atom stereocenters. The van der Waals surface area contributed by atoms with E-state index < -0.39 is 13.9 Å². The number of benzene rings is 2. The maximum absolute atomic E-state index is 11.1. The zero-order valence-corrected chi connectivity index (χ0v) is 16.5. The Labute approximate surface area is 159 Å². The zero-order valence-electron chi connectivity index (χ0n) is 15.6. The van der Waals surface area contributed by atoms with Crippen molar-refractivity contribution in [2.75, 3.05) is 6.35 Å². The van der Waals surface area contributed by atoms with Gasteiger partial charge >= 0.3 is 7.60 Å². The summed E-state index contributed by atoms with van der Waals surface area (Å²) >= 11 is 0. The first-order chi connectivity index (χ1) is 12.7. The molecule has 2 aromatic rings. The number of hydrogen-bond acceptors (Lipinski definition) is 3. The van der Waals surface area contributed by atoms with Crippen molar-refractivity contribution >= 4 is 7.60 Å². The van der Waals surface area contributed by atoms with Crippen molar-refractivity contribution in [2.45, 2.75) is 50.9 Å². The third kappa shape index (κ3) is 3.64. The van der Waals surface area contributed by atoms with Crippen LogP contribution >= 0.6 is 7.60 Å². The Kier molecular flexibility index (Phi) is 4.38. The maximum Gasteiger partial charge on any atom is 0.362 e. The molecule has 0 aliphatic heterocycles. The van der Waals surface area contributed by atoms with Gasteiger partial charge in [-0.05, 0) is 78.5 Å². The fraction of sp³-hybridized carbons (Fsp3) is 0.429. The Bertz CT molecular complexity index is 942. The van der Waals surface area contributed by atoms with E-state index in [0.717, 1.165) is 36.8 Å². The van der Waals surface area contributed by atoms with Crippen LogP contribution in [0.3, 0.4) is 0 Å². The van der Waals surface area contributed by atoms with Crippen molar-refractivity contribution < 1.29 is 24.2 Å². The molecule has 4 rings (SSSR count). The van der Waals surface area contributed by atoms with Gasteiger partial charge in [0.15, 0.2) is 6.35 Å². The number of rotatable bonds is 5. The molecule has 0 aromatic heterocycles. The minimum atomic E-state index is -4.19. The average molecular weight is 388 g/mol. The Morgan fingerprint density at radius 1 is 1.22 bits per heavy atom. The van der Waals surface area contributed by atoms with Crippen molar-refractivity contribution in [3.8, 4) is 11.5 Å². The fourth-order valence-corrected chi connectivity index (χ4v) is 4.59. The summed E-state index contributed by atoms with van der Waals surface area (Å²) in [5.74, 6) is 1.17. The van der Waals surface area contributed by atoms with Crippen molar-refractivity contribution in [3.05, 3.63) is 58.1 Å². The molecule has 2 aromatic carbocycles. The van der Waals surface area contributed by atoms with E-state index in [0.29, 0.717) is 11.5 Å². The smallest absolute Gasteiger partial charge is 0.362 e. The van der Waals surface area contributed by atoms with Crippen LogP contribution < -0.4 is 4.74 Å². The third-order valence-electron chi connectivity index (χ3n) is 5.97. The van der Waals surface area contributed by atoms with Crippen LogP contribution in [0.5, 0.6) is 11.5 Å². The number of fused-ring (bicyclic) bond motifs is 1. The number of phenols is 1. The molecule has 27 heavy (non-hydrogen) atoms. The first-order valence-electron chi connectivity index (χ1n) is 9.30. The molecular weight excluding hydrogens is 363 g/mol. The monoisotopic (exact) mass is 388 g/mol. The van der Waals surface area contributed by atoms with Gasteiger partial charge < -0.3 is 19.6 Å². The SMILES string of the molecule is Cc1cc(OCP(=O)(O)O)cc2c1[C@H](c1ccc(O)c(C3(C)CC3)c1)CC2. The lowest BCUT2D eigenvalue weighted by Gasteiger charge is -2.19. The highest BCUT2D eigenvalue weighted by atomic mass is 31.2. The lowest BCUT2D eigenvalue weighted by atomic mass is 9.86. The van der Waals surface area contributed by atoms with Gasteiger partial charge in [0, 0.05) is 11.5 Å². The van der Waals surface area contributed by atoms with E-state index >= 15 is 0 Å². The molecule has 0 heterocycles. The van der Waals surface area contributed by atoms with Crippen LogP contribution in [0.1, 0.15) is 59.9 Å². The summed E-state index contributed by atoms with van der Waals surface area (Å²) < 4.78 is 16.4. The normalized spacial score (nSPS) is 20.4. The van der Waals surface area contributed by atoms with E-state index in [1.54, 1.807) is 0 Å². The quantitative estimate of drug-likeness (QED) is 0.663. The molecule has 0 spiro atoms. The summed E-state index contributed by atoms with van der Waals surface area (Å²) in [7, 11) is -4.19. The number of aromatic hydroxyl groups is 1. The lowest BCUT2D eigenvalue weighted by Crippen LogP contribution is -2.05. The minimum absolute atomic E-state index is 0.108. The van der Waals surface area contributed by atoms with E-state index in [9.17, 15) is 9.67 Å². The largest absolute Gasteiger partial charge is 0.508 e. The number of ether oxygens (including phenoxy) is 1. The molecule has 144 valence electrons. The van der Waals surface area contributed by atoms with Crippen molar-refractivity contribution in [3.63, 3.8) is 0 Å². The molecule has 0 saturated heterocycles. The Morgan fingerprint density at radius 3 is 2.63 bits per heavy atom. The first-order valence-corrected chi connectivity index (χ1v) is 11.1. The van der Waals surface area contributed by atoms with Crippen molar-refractivity contribution in [1.29, 1.82) is 0 Å². The van der Waals surface area contributed by atoms with Gasteiger partial charge in [-0.25, -0.2) is 0 Å². The molecule has 5 nitrogen and oxygen atoms in total. The second kappa shape index (κ2) is 6.37. The summed E-state index contributed by atoms with van der Waals surface area (Å²) in [5.41, 5.74) is 5.90. The van der Waals surface area contributed by atoms with Gasteiger partial charge in [-0.3, -0.25) is 4.57 Å². The molecule has 1 saturated carbocycles. The van der Waals surface area contributed by atoms with Gasteiger partial charge in [-0.1, -0.05) is 19.1 Å². The van der Waals surface area contributed by atoms with E-state index in [4.69, 9.17) is 14.5 Å². The Morgan fingerprint density at radius 2 is 1.96 bits per heavy atom. The minimum Gasteiger partial charge on any atom is -0.508 e. The molecule has 0 bridgehead atoms. The maximum atomic E-state index is 11.1. The zero-order chi connectivity index (χ0) is 19.4. The summed E-state index contributed by atoms with van der Waals surface area (Å²) in [6.07, 6.45) is 3.52. The highest BCUT2D eigenvalue weighted by molar-refractivity contribution is 7.51. The van der Waals surface area contributed by atoms with Crippen LogP contribution in [0.2, 0.25) is 0 Å². The molecule has 3 N–H and O–H groups in total. The van der Waals surface area contributed by atoms with Gasteiger partial charge in [0.1, 0.15) is 11.5 Å². The summed E-state index contributed by atoms with van der Waals surface area (Å²) in [6.45, 7) is 4.22. The topological polar surface area (TPSA) is 87.0 Å². The first kappa shape index (κ1) is 18.5. The van der Waals surface area contributed by atoms with Crippen LogP contribution in [0.4, 0.5) is 0 Å². The van der Waals surface area contributed by atoms with Crippen LogP contribution in [0, 0.1) is 6.92 Å². The lowest BCUT2D eigenvalue weighted by molar-refractivity contribution is 0.300. The van der Waals surface area contributed by atoms with E-state index in [1.807, 2.05) is 31.2 Å². The molecule has 0 amide bonds. The molecular formula is C21H25O5P. The van der Waals surface area contributed by atoms with Crippen molar-refractivity contribution in [2.24, 2.45) is 0 Å². The average Bonchev–Trinajstić information content (AvgIpc) is 3.18. The molecule has 2 aliphatic carbocycles. The van der Waals surface area contributed by atoms with Gasteiger partial charge in [-0.2, -0.15) is 0 Å². The highest BCUT2D eigenvalue weighted by Crippen LogP contribution is 2.52. The van der Waals surface area contributed by atoms with E-state index in [-0.39, 0.29) is 11.3 Å². The van der Waals surface area contributed by atoms with Gasteiger partial charge in [0.05, 0.1) is 0 Å². The summed E-state index contributed by atoms with van der Waals surface area (Å²) in [5, 5.41) is 10.3. The number of phenolic OH excluding ortho intramolecular Hbond substituents is 1. The van der Waals surface area contributed by atoms with Crippen LogP contribution in [-0.2, 0) is 16.4 Å². The van der Waals surface area contributed by atoms with Crippen LogP contribution in [0.15, 0.2) is 30.3 Å². The highest BCUT2D eigenvalue weighted by Gasteiger charge is 2.41. The number of aryl methyl sites for hydroxylation is 2. The van der Waals surface area contributed by atoms with Gasteiger partial charge in [-0.15, -0.1) is 0 Å². The van der Waals surface area contributed by atoms with Crippen molar-refractivity contribution in [1.82, 2.24) is 0 Å². The third-order valence-corrected chi connectivity index (χ3v) is 6.43. The number of hydrogen-bond donors (Lipinski definition) is 3. The molecule has 1 fully saturated rings. The standard InChI is InChI=1S/C21H25O5P/c1-13-9-16(26-12-27(23,24)25)10-15-3-5-17(20(13)15)14-4-6-19(22)18(11-14)21(2)7-8-21/h4,6,9-11,17,22H,3,5,7-8,12H2,1-2H3,(H2,23,24,25)/t17-/m0/s1. The van der Waals surface area contributed by atoms with Gasteiger partial charge in [0.25, 0.3) is 0 Å². The van der Waals surface area contributed by atoms with E-state index in [2.05, 4.69) is 13.0 Å². The van der Waals surface area contributed by atoms with Crippen LogP contribution in [0.25, 0.3) is 0 Å². The van der Waals surface area contributed by atoms with Crippen LogP contribution in [-0.4, -0.2) is 21.2 Å². The molecule has 0 radical (unpaired) electrons. The Balaban J connectivity index is 1.65. The van der Waals surface area contributed by atoms with Gasteiger partial charge in [0.2, 0.25) is 0 Å². The molecule has 1 atom stereocenters.